The Morgan fingerprint density at radius 3 is 1.60 bits per heavy atom. The van der Waals surface area contributed by atoms with Gasteiger partial charge in [0.2, 0.25) is 17.4 Å². The molecule has 0 aromatic heterocycles. The summed E-state index contributed by atoms with van der Waals surface area (Å²) in [4.78, 5) is 0. The highest BCUT2D eigenvalue weighted by atomic mass is 127. The lowest BCUT2D eigenvalue weighted by Gasteiger charge is -2.09. The van der Waals surface area contributed by atoms with Gasteiger partial charge in [-0.2, -0.15) is 17.6 Å². The first-order chi connectivity index (χ1) is 6.86. The Morgan fingerprint density at radius 2 is 1.27 bits per heavy atom. The molecule has 0 spiro atoms. The largest absolute Gasteiger partial charge is 0.428 e. The molecular weight excluding hydrogens is 341 g/mol. The SMILES string of the molecule is Fc1c(F)c(OC(F)F)c(F)c(F)c1I. The molecule has 0 bridgehead atoms. The topological polar surface area (TPSA) is 9.23 Å². The molecule has 84 valence electrons. The molecule has 1 aromatic rings. The Bertz CT molecular complexity index is 365. The summed E-state index contributed by atoms with van der Waals surface area (Å²) in [6.45, 7) is -3.58. The van der Waals surface area contributed by atoms with Gasteiger partial charge < -0.3 is 4.74 Å². The molecule has 0 aliphatic rings. The zero-order valence-electron chi connectivity index (χ0n) is 6.63. The molecule has 1 aromatic carbocycles. The van der Waals surface area contributed by atoms with E-state index in [0.29, 0.717) is 0 Å². The van der Waals surface area contributed by atoms with Gasteiger partial charge in [-0.15, -0.1) is 0 Å². The molecule has 0 saturated heterocycles. The molecule has 15 heavy (non-hydrogen) atoms. The van der Waals surface area contributed by atoms with Gasteiger partial charge in [-0.05, 0) is 22.6 Å². The highest BCUT2D eigenvalue weighted by molar-refractivity contribution is 14.1. The first-order valence-electron chi connectivity index (χ1n) is 3.32. The van der Waals surface area contributed by atoms with Crippen LogP contribution in [0.2, 0.25) is 0 Å². The number of halogens is 7. The van der Waals surface area contributed by atoms with Crippen LogP contribution in [0.15, 0.2) is 0 Å². The first-order valence-corrected chi connectivity index (χ1v) is 4.40. The molecule has 0 fully saturated rings. The summed E-state index contributed by atoms with van der Waals surface area (Å²) in [5.74, 6) is -9.28. The van der Waals surface area contributed by atoms with Gasteiger partial charge in [0, 0.05) is 0 Å². The Hall–Kier alpha value is -0.670. The molecule has 0 heterocycles. The number of alkyl halides is 2. The third kappa shape index (κ3) is 2.29. The zero-order valence-corrected chi connectivity index (χ0v) is 8.79. The Morgan fingerprint density at radius 1 is 0.867 bits per heavy atom. The van der Waals surface area contributed by atoms with Gasteiger partial charge in [0.15, 0.2) is 11.6 Å². The molecule has 0 radical (unpaired) electrons. The van der Waals surface area contributed by atoms with Crippen LogP contribution in [0.5, 0.6) is 5.75 Å². The van der Waals surface area contributed by atoms with Crippen molar-refractivity contribution in [3.05, 3.63) is 26.8 Å². The van der Waals surface area contributed by atoms with E-state index in [1.54, 1.807) is 0 Å². The highest BCUT2D eigenvalue weighted by Gasteiger charge is 2.27. The van der Waals surface area contributed by atoms with E-state index in [1.165, 1.54) is 0 Å². The van der Waals surface area contributed by atoms with Crippen LogP contribution < -0.4 is 4.74 Å². The van der Waals surface area contributed by atoms with Crippen molar-refractivity contribution in [1.82, 2.24) is 0 Å². The minimum absolute atomic E-state index is 0.968. The molecule has 0 saturated carbocycles. The Kier molecular flexibility index (Phi) is 3.68. The molecular formula is C7HF6IO. The van der Waals surface area contributed by atoms with Crippen molar-refractivity contribution in [2.45, 2.75) is 6.61 Å². The van der Waals surface area contributed by atoms with Crippen LogP contribution in [-0.2, 0) is 0 Å². The number of hydrogen-bond acceptors (Lipinski definition) is 1. The molecule has 0 unspecified atom stereocenters. The quantitative estimate of drug-likeness (QED) is 0.346. The van der Waals surface area contributed by atoms with Crippen molar-refractivity contribution < 1.29 is 31.1 Å². The molecule has 0 atom stereocenters. The number of ether oxygens (including phenoxy) is 1. The van der Waals surface area contributed by atoms with Crippen molar-refractivity contribution in [3.63, 3.8) is 0 Å². The van der Waals surface area contributed by atoms with Gasteiger partial charge in [0.1, 0.15) is 0 Å². The van der Waals surface area contributed by atoms with E-state index in [1.807, 2.05) is 0 Å². The zero-order chi connectivity index (χ0) is 11.7. The van der Waals surface area contributed by atoms with E-state index in [9.17, 15) is 26.3 Å². The molecule has 1 nitrogen and oxygen atoms in total. The lowest BCUT2D eigenvalue weighted by atomic mass is 10.3. The van der Waals surface area contributed by atoms with E-state index in [0.717, 1.165) is 22.6 Å². The first kappa shape index (κ1) is 12.4. The van der Waals surface area contributed by atoms with Gasteiger partial charge in [0.05, 0.1) is 3.57 Å². The van der Waals surface area contributed by atoms with Crippen LogP contribution in [0, 0.1) is 26.8 Å². The predicted molar refractivity (Wildman–Crippen MR) is 45.6 cm³/mol. The predicted octanol–water partition coefficient (Wildman–Crippen LogP) is 3.45. The second-order valence-electron chi connectivity index (χ2n) is 2.28. The minimum Gasteiger partial charge on any atom is -0.428 e. The third-order valence-corrected chi connectivity index (χ3v) is 2.32. The van der Waals surface area contributed by atoms with Crippen LogP contribution in [0.1, 0.15) is 0 Å². The fourth-order valence-electron chi connectivity index (χ4n) is 0.777. The standard InChI is InChI=1S/C7HF6IO/c8-1-3(10)6(15-7(12)13)4(11)2(9)5(1)14/h7H. The van der Waals surface area contributed by atoms with Crippen molar-refractivity contribution in [3.8, 4) is 5.75 Å². The lowest BCUT2D eigenvalue weighted by molar-refractivity contribution is -0.0554. The van der Waals surface area contributed by atoms with Crippen LogP contribution in [0.25, 0.3) is 0 Å². The summed E-state index contributed by atoms with van der Waals surface area (Å²) in [5.41, 5.74) is 0. The second kappa shape index (κ2) is 4.45. The van der Waals surface area contributed by atoms with Gasteiger partial charge in [-0.25, -0.2) is 8.78 Å². The van der Waals surface area contributed by atoms with Crippen LogP contribution >= 0.6 is 22.6 Å². The van der Waals surface area contributed by atoms with Crippen LogP contribution in [-0.4, -0.2) is 6.61 Å². The number of rotatable bonds is 2. The van der Waals surface area contributed by atoms with Crippen molar-refractivity contribution >= 4 is 22.6 Å². The fraction of sp³-hybridized carbons (Fsp3) is 0.143. The summed E-state index contributed by atoms with van der Waals surface area (Å²) in [6, 6.07) is 0. The maximum Gasteiger partial charge on any atom is 0.387 e. The Balaban J connectivity index is 3.39. The highest BCUT2D eigenvalue weighted by Crippen LogP contribution is 2.31. The van der Waals surface area contributed by atoms with Crippen molar-refractivity contribution in [2.24, 2.45) is 0 Å². The van der Waals surface area contributed by atoms with Gasteiger partial charge in [-0.1, -0.05) is 0 Å². The monoisotopic (exact) mass is 342 g/mol. The smallest absolute Gasteiger partial charge is 0.387 e. The normalized spacial score (nSPS) is 10.9. The lowest BCUT2D eigenvalue weighted by Crippen LogP contribution is -2.10. The summed E-state index contributed by atoms with van der Waals surface area (Å²) >= 11 is 0.997. The molecule has 0 aliphatic heterocycles. The summed E-state index contributed by atoms with van der Waals surface area (Å²) in [6.07, 6.45) is 0. The van der Waals surface area contributed by atoms with E-state index in [-0.39, 0.29) is 0 Å². The fourth-order valence-corrected chi connectivity index (χ4v) is 1.25. The maximum absolute atomic E-state index is 12.8. The van der Waals surface area contributed by atoms with Gasteiger partial charge in [0.25, 0.3) is 0 Å². The van der Waals surface area contributed by atoms with E-state index >= 15 is 0 Å². The van der Waals surface area contributed by atoms with Crippen LogP contribution in [0.4, 0.5) is 26.3 Å². The van der Waals surface area contributed by atoms with Crippen molar-refractivity contribution in [1.29, 1.82) is 0 Å². The second-order valence-corrected chi connectivity index (χ2v) is 3.36. The average molecular weight is 342 g/mol. The number of hydrogen-bond donors (Lipinski definition) is 0. The maximum atomic E-state index is 12.8. The summed E-state index contributed by atoms with van der Waals surface area (Å²) < 4.78 is 76.8. The molecule has 8 heteroatoms. The molecule has 0 amide bonds. The third-order valence-electron chi connectivity index (χ3n) is 1.38. The van der Waals surface area contributed by atoms with E-state index in [4.69, 9.17) is 0 Å². The molecule has 1 rings (SSSR count). The molecule has 0 aliphatic carbocycles. The van der Waals surface area contributed by atoms with Gasteiger partial charge in [-0.3, -0.25) is 0 Å². The average Bonchev–Trinajstić information content (AvgIpc) is 2.18. The molecule has 0 N–H and O–H groups in total. The summed E-state index contributed by atoms with van der Waals surface area (Å²) in [5, 5.41) is 0. The van der Waals surface area contributed by atoms with Crippen LogP contribution in [0.3, 0.4) is 0 Å². The van der Waals surface area contributed by atoms with E-state index < -0.39 is 39.2 Å². The van der Waals surface area contributed by atoms with Gasteiger partial charge >= 0.3 is 6.61 Å². The number of benzene rings is 1. The minimum atomic E-state index is -3.58. The Labute approximate surface area is 93.2 Å². The van der Waals surface area contributed by atoms with E-state index in [2.05, 4.69) is 4.74 Å². The van der Waals surface area contributed by atoms with Crippen molar-refractivity contribution in [2.75, 3.05) is 0 Å². The summed E-state index contributed by atoms with van der Waals surface area (Å²) in [7, 11) is 0.